The molecule has 0 saturated heterocycles. The Morgan fingerprint density at radius 1 is 0.966 bits per heavy atom. The quantitative estimate of drug-likeness (QED) is 0.261. The minimum absolute atomic E-state index is 0. The summed E-state index contributed by atoms with van der Waals surface area (Å²) in [6, 6.07) is 0. The molecule has 159 valence electrons. The SMILES string of the molecule is CC(C=O)CCC[C@@H](C)[C@H]1CCC2[C@H]3CCC4CC=CC[C@]4(C)[C@@H]3CC[C@@]21C.[Na]. The van der Waals surface area contributed by atoms with Gasteiger partial charge in [-0.15, -0.1) is 0 Å². The molecule has 0 aromatic heterocycles. The smallest absolute Gasteiger partial charge is 0.122 e. The van der Waals surface area contributed by atoms with Gasteiger partial charge in [0, 0.05) is 35.5 Å². The molecule has 29 heavy (non-hydrogen) atoms. The maximum atomic E-state index is 10.9. The van der Waals surface area contributed by atoms with Gasteiger partial charge in [0.25, 0.3) is 0 Å². The van der Waals surface area contributed by atoms with Crippen LogP contribution in [0, 0.1) is 52.3 Å². The zero-order chi connectivity index (χ0) is 19.9. The molecule has 3 fully saturated rings. The summed E-state index contributed by atoms with van der Waals surface area (Å²) >= 11 is 0. The third-order valence-corrected chi connectivity index (χ3v) is 10.5. The summed E-state index contributed by atoms with van der Waals surface area (Å²) in [5.74, 6) is 5.91. The molecule has 3 saturated carbocycles. The number of carbonyl (C=O) groups excluding carboxylic acids is 1. The summed E-state index contributed by atoms with van der Waals surface area (Å²) in [4.78, 5) is 10.9. The predicted molar refractivity (Wildman–Crippen MR) is 124 cm³/mol. The Hall–Kier alpha value is 0.410. The Morgan fingerprint density at radius 2 is 1.72 bits per heavy atom. The molecule has 4 aliphatic carbocycles. The van der Waals surface area contributed by atoms with E-state index < -0.39 is 0 Å². The van der Waals surface area contributed by atoms with Gasteiger partial charge < -0.3 is 4.79 Å². The van der Waals surface area contributed by atoms with Gasteiger partial charge in [-0.05, 0) is 104 Å². The average molecular weight is 408 g/mol. The van der Waals surface area contributed by atoms with Crippen molar-refractivity contribution in [3.63, 3.8) is 0 Å². The third-order valence-electron chi connectivity index (χ3n) is 10.5. The molecule has 2 heteroatoms. The molecule has 0 bridgehead atoms. The van der Waals surface area contributed by atoms with Crippen LogP contribution < -0.4 is 0 Å². The van der Waals surface area contributed by atoms with E-state index in [1.54, 1.807) is 0 Å². The van der Waals surface area contributed by atoms with Gasteiger partial charge in [0.1, 0.15) is 6.29 Å². The second-order valence-corrected chi connectivity index (χ2v) is 11.8. The molecule has 1 radical (unpaired) electrons. The zero-order valence-electron chi connectivity index (χ0n) is 20.0. The van der Waals surface area contributed by atoms with Crippen molar-refractivity contribution in [1.29, 1.82) is 0 Å². The number of fused-ring (bicyclic) bond motifs is 5. The van der Waals surface area contributed by atoms with E-state index >= 15 is 0 Å². The van der Waals surface area contributed by atoms with Crippen molar-refractivity contribution in [1.82, 2.24) is 0 Å². The van der Waals surface area contributed by atoms with Crippen molar-refractivity contribution in [2.45, 2.75) is 98.3 Å². The Kier molecular flexibility index (Phi) is 7.88. The first-order chi connectivity index (χ1) is 13.4. The second kappa shape index (κ2) is 9.50. The molecule has 0 N–H and O–H groups in total. The van der Waals surface area contributed by atoms with Crippen molar-refractivity contribution in [2.24, 2.45) is 52.3 Å². The molecule has 0 amide bonds. The molecule has 0 aliphatic heterocycles. The predicted octanol–water partition coefficient (Wildman–Crippen LogP) is 7.07. The van der Waals surface area contributed by atoms with Crippen LogP contribution in [0.5, 0.6) is 0 Å². The van der Waals surface area contributed by atoms with Gasteiger partial charge in [0.15, 0.2) is 0 Å². The number of hydrogen-bond donors (Lipinski definition) is 0. The number of hydrogen-bond acceptors (Lipinski definition) is 1. The minimum Gasteiger partial charge on any atom is -0.303 e. The van der Waals surface area contributed by atoms with E-state index in [2.05, 4.69) is 39.8 Å². The fourth-order valence-electron chi connectivity index (χ4n) is 8.84. The van der Waals surface area contributed by atoms with Crippen LogP contribution in [0.2, 0.25) is 0 Å². The van der Waals surface area contributed by atoms with E-state index in [0.29, 0.717) is 10.8 Å². The van der Waals surface area contributed by atoms with E-state index in [1.165, 1.54) is 64.2 Å². The Labute approximate surface area is 202 Å². The Morgan fingerprint density at radius 3 is 2.48 bits per heavy atom. The molecule has 0 spiro atoms. The summed E-state index contributed by atoms with van der Waals surface area (Å²) in [6.07, 6.45) is 21.4. The van der Waals surface area contributed by atoms with E-state index in [1.807, 2.05) is 0 Å². The topological polar surface area (TPSA) is 17.1 Å². The largest absolute Gasteiger partial charge is 0.303 e. The Bertz CT molecular complexity index is 599. The first-order valence-electron chi connectivity index (χ1n) is 12.5. The maximum absolute atomic E-state index is 10.9. The number of rotatable bonds is 6. The van der Waals surface area contributed by atoms with Gasteiger partial charge >= 0.3 is 0 Å². The maximum Gasteiger partial charge on any atom is 0.122 e. The minimum atomic E-state index is 0. The third kappa shape index (κ3) is 4.23. The van der Waals surface area contributed by atoms with Crippen LogP contribution >= 0.6 is 0 Å². The van der Waals surface area contributed by atoms with Crippen LogP contribution in [0.3, 0.4) is 0 Å². The fourth-order valence-corrected chi connectivity index (χ4v) is 8.84. The number of aldehydes is 1. The first kappa shape index (κ1) is 24.1. The monoisotopic (exact) mass is 407 g/mol. The van der Waals surface area contributed by atoms with Crippen LogP contribution in [0.15, 0.2) is 12.2 Å². The summed E-state index contributed by atoms with van der Waals surface area (Å²) in [7, 11) is 0. The molecule has 9 atom stereocenters. The molecule has 0 aromatic carbocycles. The van der Waals surface area contributed by atoms with E-state index in [0.717, 1.165) is 48.2 Å². The standard InChI is InChI=1S/C27H44O.Na/c1-19(18-28)8-7-9-20(2)23-13-14-24-22-12-11-21-10-5-6-16-26(21,3)25(22)15-17-27(23,24)4;/h5-6,18-25H,7-17H2,1-4H3;/t19?,20-,21?,22-,23-,24?,25-,26+,27-;/m1./s1. The van der Waals surface area contributed by atoms with Gasteiger partial charge in [-0.1, -0.05) is 52.7 Å². The van der Waals surface area contributed by atoms with Gasteiger partial charge in [0.2, 0.25) is 0 Å². The van der Waals surface area contributed by atoms with Crippen molar-refractivity contribution in [2.75, 3.05) is 0 Å². The average Bonchev–Trinajstić information content (AvgIpc) is 3.04. The number of allylic oxidation sites excluding steroid dienone is 2. The van der Waals surface area contributed by atoms with Crippen LogP contribution in [0.25, 0.3) is 0 Å². The molecule has 1 nitrogen and oxygen atoms in total. The molecule has 0 aromatic rings. The molecular formula is C27H44NaO. The molecule has 3 unspecified atom stereocenters. The van der Waals surface area contributed by atoms with Crippen LogP contribution in [0.1, 0.15) is 98.3 Å². The zero-order valence-corrected chi connectivity index (χ0v) is 22.0. The van der Waals surface area contributed by atoms with Crippen LogP contribution in [0.4, 0.5) is 0 Å². The van der Waals surface area contributed by atoms with Gasteiger partial charge in [-0.2, -0.15) is 0 Å². The summed E-state index contributed by atoms with van der Waals surface area (Å²) in [6.45, 7) is 9.94. The van der Waals surface area contributed by atoms with Crippen molar-refractivity contribution >= 4 is 35.8 Å². The van der Waals surface area contributed by atoms with Crippen molar-refractivity contribution in [3.05, 3.63) is 12.2 Å². The van der Waals surface area contributed by atoms with Gasteiger partial charge in [-0.25, -0.2) is 0 Å². The van der Waals surface area contributed by atoms with E-state index in [4.69, 9.17) is 0 Å². The number of carbonyl (C=O) groups is 1. The molecule has 4 rings (SSSR count). The fraction of sp³-hybridized carbons (Fsp3) is 0.889. The van der Waals surface area contributed by atoms with Gasteiger partial charge in [0.05, 0.1) is 0 Å². The normalized spacial score (nSPS) is 45.3. The Balaban J connectivity index is 0.00000240. The van der Waals surface area contributed by atoms with E-state index in [-0.39, 0.29) is 35.5 Å². The molecular weight excluding hydrogens is 363 g/mol. The van der Waals surface area contributed by atoms with Gasteiger partial charge in [-0.3, -0.25) is 0 Å². The van der Waals surface area contributed by atoms with Crippen LogP contribution in [-0.4, -0.2) is 35.8 Å². The molecule has 4 aliphatic rings. The summed E-state index contributed by atoms with van der Waals surface area (Å²) < 4.78 is 0. The van der Waals surface area contributed by atoms with E-state index in [9.17, 15) is 4.79 Å². The van der Waals surface area contributed by atoms with Crippen LogP contribution in [-0.2, 0) is 4.79 Å². The van der Waals surface area contributed by atoms with Crippen molar-refractivity contribution < 1.29 is 4.79 Å². The van der Waals surface area contributed by atoms with Crippen molar-refractivity contribution in [3.8, 4) is 0 Å². The summed E-state index contributed by atoms with van der Waals surface area (Å²) in [5.41, 5.74) is 1.18. The summed E-state index contributed by atoms with van der Waals surface area (Å²) in [5, 5.41) is 0. The molecule has 0 heterocycles. The first-order valence-corrected chi connectivity index (χ1v) is 12.5. The second-order valence-electron chi connectivity index (χ2n) is 11.8.